The van der Waals surface area contributed by atoms with E-state index in [1.165, 1.54) is 0 Å². The first-order chi connectivity index (χ1) is 6.19. The number of carbonyl (C=O) groups is 1. The summed E-state index contributed by atoms with van der Waals surface area (Å²) >= 11 is 0. The maximum Gasteiger partial charge on any atom is 0.227 e. The number of rotatable bonds is 1. The van der Waals surface area contributed by atoms with Crippen LogP contribution >= 0.6 is 0 Å². The molecule has 1 saturated heterocycles. The fourth-order valence-corrected chi connectivity index (χ4v) is 1.43. The van der Waals surface area contributed by atoms with Gasteiger partial charge in [0.05, 0.1) is 0 Å². The quantitative estimate of drug-likeness (QED) is 0.653. The summed E-state index contributed by atoms with van der Waals surface area (Å²) in [5.74, 6) is 0.171. The van der Waals surface area contributed by atoms with Crippen molar-refractivity contribution < 1.29 is 4.79 Å². The van der Waals surface area contributed by atoms with Crippen LogP contribution in [0.3, 0.4) is 0 Å². The number of carbonyl (C=O) groups excluding carboxylic acids is 1. The standard InChI is InChI=1S/C11H15NO/c1-4-6-9-7-8(3)11(13)12-10(9)5-2/h4-6,8H,1,7H2,2-3H3,(H,12,13)/b9-6-,10-5+. The molecule has 1 heterocycles. The summed E-state index contributed by atoms with van der Waals surface area (Å²) in [7, 11) is 0. The molecular formula is C11H15NO. The van der Waals surface area contributed by atoms with Crippen LogP contribution in [0, 0.1) is 5.92 Å². The molecule has 1 atom stereocenters. The van der Waals surface area contributed by atoms with Gasteiger partial charge < -0.3 is 5.32 Å². The number of piperidine rings is 1. The highest BCUT2D eigenvalue weighted by molar-refractivity contribution is 5.83. The van der Waals surface area contributed by atoms with E-state index in [4.69, 9.17) is 0 Å². The van der Waals surface area contributed by atoms with E-state index < -0.39 is 0 Å². The Labute approximate surface area is 79.0 Å². The molecule has 1 amide bonds. The van der Waals surface area contributed by atoms with E-state index >= 15 is 0 Å². The number of hydrogen-bond acceptors (Lipinski definition) is 1. The first kappa shape index (κ1) is 9.78. The minimum Gasteiger partial charge on any atom is -0.326 e. The van der Waals surface area contributed by atoms with Crippen LogP contribution in [0.5, 0.6) is 0 Å². The lowest BCUT2D eigenvalue weighted by atomic mass is 9.93. The van der Waals surface area contributed by atoms with Crippen LogP contribution in [-0.4, -0.2) is 5.91 Å². The molecular weight excluding hydrogens is 162 g/mol. The smallest absolute Gasteiger partial charge is 0.227 e. The second kappa shape index (κ2) is 4.08. The molecule has 0 bridgehead atoms. The van der Waals surface area contributed by atoms with Gasteiger partial charge in [0.2, 0.25) is 5.91 Å². The molecule has 0 spiro atoms. The Morgan fingerprint density at radius 3 is 2.85 bits per heavy atom. The minimum absolute atomic E-state index is 0.0647. The number of hydrogen-bond donors (Lipinski definition) is 1. The van der Waals surface area contributed by atoms with Crippen molar-refractivity contribution in [3.05, 3.63) is 36.1 Å². The summed E-state index contributed by atoms with van der Waals surface area (Å²) in [4.78, 5) is 11.3. The first-order valence-electron chi connectivity index (χ1n) is 4.48. The van der Waals surface area contributed by atoms with Gasteiger partial charge in [-0.2, -0.15) is 0 Å². The fourth-order valence-electron chi connectivity index (χ4n) is 1.43. The zero-order valence-electron chi connectivity index (χ0n) is 8.13. The molecule has 2 nitrogen and oxygen atoms in total. The molecule has 1 aliphatic rings. The third kappa shape index (κ3) is 2.08. The molecule has 1 rings (SSSR count). The lowest BCUT2D eigenvalue weighted by Gasteiger charge is -2.23. The monoisotopic (exact) mass is 177 g/mol. The third-order valence-corrected chi connectivity index (χ3v) is 2.19. The Balaban J connectivity index is 2.91. The molecule has 70 valence electrons. The van der Waals surface area contributed by atoms with Gasteiger partial charge in [-0.05, 0) is 18.9 Å². The van der Waals surface area contributed by atoms with Crippen molar-refractivity contribution in [2.45, 2.75) is 20.3 Å². The molecule has 0 aromatic rings. The average Bonchev–Trinajstić information content (AvgIpc) is 2.11. The number of nitrogens with one attached hydrogen (secondary N) is 1. The van der Waals surface area contributed by atoms with Gasteiger partial charge in [-0.15, -0.1) is 0 Å². The Morgan fingerprint density at radius 1 is 1.62 bits per heavy atom. The molecule has 1 N–H and O–H groups in total. The molecule has 0 saturated carbocycles. The molecule has 2 heteroatoms. The second-order valence-electron chi connectivity index (χ2n) is 3.22. The third-order valence-electron chi connectivity index (χ3n) is 2.19. The zero-order valence-corrected chi connectivity index (χ0v) is 8.13. The van der Waals surface area contributed by atoms with Crippen molar-refractivity contribution in [3.8, 4) is 0 Å². The molecule has 0 aromatic heterocycles. The molecule has 1 aliphatic heterocycles. The van der Waals surface area contributed by atoms with Gasteiger partial charge in [0.25, 0.3) is 0 Å². The summed E-state index contributed by atoms with van der Waals surface area (Å²) in [6.45, 7) is 7.50. The van der Waals surface area contributed by atoms with E-state index in [0.717, 1.165) is 17.7 Å². The van der Waals surface area contributed by atoms with Crippen molar-refractivity contribution >= 4 is 5.91 Å². The lowest BCUT2D eigenvalue weighted by molar-refractivity contribution is -0.124. The van der Waals surface area contributed by atoms with Crippen LogP contribution in [0.1, 0.15) is 20.3 Å². The highest BCUT2D eigenvalue weighted by Crippen LogP contribution is 2.23. The van der Waals surface area contributed by atoms with E-state index in [1.807, 2.05) is 26.0 Å². The van der Waals surface area contributed by atoms with E-state index in [2.05, 4.69) is 11.9 Å². The van der Waals surface area contributed by atoms with Gasteiger partial charge in [-0.1, -0.05) is 31.7 Å². The van der Waals surface area contributed by atoms with Crippen LogP contribution in [0.4, 0.5) is 0 Å². The molecule has 0 aromatic carbocycles. The predicted molar refractivity (Wildman–Crippen MR) is 54.0 cm³/mol. The van der Waals surface area contributed by atoms with E-state index in [9.17, 15) is 4.79 Å². The zero-order chi connectivity index (χ0) is 9.84. The van der Waals surface area contributed by atoms with E-state index in [1.54, 1.807) is 6.08 Å². The van der Waals surface area contributed by atoms with Crippen LogP contribution in [0.2, 0.25) is 0 Å². The van der Waals surface area contributed by atoms with Gasteiger partial charge in [-0.25, -0.2) is 0 Å². The normalized spacial score (nSPS) is 29.1. The molecule has 1 unspecified atom stereocenters. The largest absolute Gasteiger partial charge is 0.326 e. The van der Waals surface area contributed by atoms with Crippen molar-refractivity contribution in [2.75, 3.05) is 0 Å². The summed E-state index contributed by atoms with van der Waals surface area (Å²) in [5, 5.41) is 2.86. The van der Waals surface area contributed by atoms with Crippen LogP contribution < -0.4 is 5.32 Å². The number of allylic oxidation sites excluding steroid dienone is 4. The number of amides is 1. The fraction of sp³-hybridized carbons (Fsp3) is 0.364. The van der Waals surface area contributed by atoms with Gasteiger partial charge in [0.1, 0.15) is 0 Å². The lowest BCUT2D eigenvalue weighted by Crippen LogP contribution is -2.34. The van der Waals surface area contributed by atoms with Crippen LogP contribution in [0.15, 0.2) is 36.1 Å². The van der Waals surface area contributed by atoms with Crippen LogP contribution in [-0.2, 0) is 4.79 Å². The molecule has 0 aliphatic carbocycles. The topological polar surface area (TPSA) is 29.1 Å². The Morgan fingerprint density at radius 2 is 2.31 bits per heavy atom. The maximum atomic E-state index is 11.3. The summed E-state index contributed by atoms with van der Waals surface area (Å²) < 4.78 is 0. The maximum absolute atomic E-state index is 11.3. The molecule has 13 heavy (non-hydrogen) atoms. The minimum atomic E-state index is 0.0647. The molecule has 1 fully saturated rings. The van der Waals surface area contributed by atoms with Gasteiger partial charge >= 0.3 is 0 Å². The van der Waals surface area contributed by atoms with Gasteiger partial charge in [0, 0.05) is 11.6 Å². The van der Waals surface area contributed by atoms with Gasteiger partial charge in [0.15, 0.2) is 0 Å². The van der Waals surface area contributed by atoms with Gasteiger partial charge in [-0.3, -0.25) is 4.79 Å². The Hall–Kier alpha value is -1.31. The summed E-state index contributed by atoms with van der Waals surface area (Å²) in [5.41, 5.74) is 2.08. The van der Waals surface area contributed by atoms with Crippen molar-refractivity contribution in [1.29, 1.82) is 0 Å². The van der Waals surface area contributed by atoms with Crippen molar-refractivity contribution in [3.63, 3.8) is 0 Å². The average molecular weight is 177 g/mol. The summed E-state index contributed by atoms with van der Waals surface area (Å²) in [6.07, 6.45) is 6.42. The van der Waals surface area contributed by atoms with Crippen molar-refractivity contribution in [1.82, 2.24) is 5.32 Å². The van der Waals surface area contributed by atoms with Crippen LogP contribution in [0.25, 0.3) is 0 Å². The predicted octanol–water partition coefficient (Wildman–Crippen LogP) is 2.16. The second-order valence-corrected chi connectivity index (χ2v) is 3.22. The Kier molecular flexibility index (Phi) is 3.07. The van der Waals surface area contributed by atoms with E-state index in [-0.39, 0.29) is 11.8 Å². The first-order valence-corrected chi connectivity index (χ1v) is 4.48. The van der Waals surface area contributed by atoms with Crippen molar-refractivity contribution in [2.24, 2.45) is 5.92 Å². The summed E-state index contributed by atoms with van der Waals surface area (Å²) in [6, 6.07) is 0. The Bertz CT molecular complexity index is 286. The SMILES string of the molecule is C=C/C=C1/CC(C)C(=O)N/C1=C/C. The highest BCUT2D eigenvalue weighted by atomic mass is 16.1. The highest BCUT2D eigenvalue weighted by Gasteiger charge is 2.23. The van der Waals surface area contributed by atoms with E-state index in [0.29, 0.717) is 0 Å². The molecule has 0 radical (unpaired) electrons.